The van der Waals surface area contributed by atoms with E-state index in [4.69, 9.17) is 10.5 Å². The standard InChI is InChI=1S/C23H20FN3O3S/c1-15(18-6-4-5-16(13-18)14-25)22(24)23(28)27-19-11-9-17(10-12-19)20-7-2-3-8-21(20)31(26,29)30/h2-14,25H,1H3,(H,27,28)(H2,26,29,30)/b22-15-,25-14?. The van der Waals surface area contributed by atoms with Gasteiger partial charge in [-0.1, -0.05) is 48.5 Å². The molecule has 158 valence electrons. The minimum absolute atomic E-state index is 0.0106. The Bertz CT molecular complexity index is 1280. The number of nitrogens with two attached hydrogens (primary N) is 1. The predicted molar refractivity (Wildman–Crippen MR) is 120 cm³/mol. The number of benzene rings is 3. The van der Waals surface area contributed by atoms with Crippen molar-refractivity contribution in [3.8, 4) is 11.1 Å². The second kappa shape index (κ2) is 9.03. The van der Waals surface area contributed by atoms with Crippen molar-refractivity contribution >= 4 is 33.4 Å². The van der Waals surface area contributed by atoms with E-state index in [1.807, 2.05) is 0 Å². The summed E-state index contributed by atoms with van der Waals surface area (Å²) in [6.45, 7) is 1.49. The lowest BCUT2D eigenvalue weighted by Gasteiger charge is -2.10. The molecule has 6 nitrogen and oxygen atoms in total. The van der Waals surface area contributed by atoms with Gasteiger partial charge in [0, 0.05) is 17.5 Å². The van der Waals surface area contributed by atoms with Crippen molar-refractivity contribution in [1.82, 2.24) is 0 Å². The number of allylic oxidation sites excluding steroid dienone is 1. The highest BCUT2D eigenvalue weighted by atomic mass is 32.2. The third kappa shape index (κ3) is 5.11. The zero-order valence-corrected chi connectivity index (χ0v) is 17.4. The molecule has 0 radical (unpaired) electrons. The molecule has 0 spiro atoms. The van der Waals surface area contributed by atoms with E-state index in [0.29, 0.717) is 27.9 Å². The van der Waals surface area contributed by atoms with Crippen LogP contribution in [0.5, 0.6) is 0 Å². The van der Waals surface area contributed by atoms with E-state index in [2.05, 4.69) is 5.32 Å². The topological polar surface area (TPSA) is 113 Å². The zero-order valence-electron chi connectivity index (χ0n) is 16.6. The Hall–Kier alpha value is -3.62. The molecule has 0 saturated heterocycles. The Morgan fingerprint density at radius 3 is 2.35 bits per heavy atom. The van der Waals surface area contributed by atoms with Crippen LogP contribution in [-0.4, -0.2) is 20.5 Å². The van der Waals surface area contributed by atoms with Crippen molar-refractivity contribution < 1.29 is 17.6 Å². The molecule has 0 saturated carbocycles. The first-order valence-electron chi connectivity index (χ1n) is 9.21. The molecular weight excluding hydrogens is 417 g/mol. The van der Waals surface area contributed by atoms with Crippen molar-refractivity contribution in [2.45, 2.75) is 11.8 Å². The van der Waals surface area contributed by atoms with Gasteiger partial charge in [-0.25, -0.2) is 17.9 Å². The maximum Gasteiger partial charge on any atom is 0.284 e. The van der Waals surface area contributed by atoms with Gasteiger partial charge < -0.3 is 10.7 Å². The first-order valence-corrected chi connectivity index (χ1v) is 10.8. The lowest BCUT2D eigenvalue weighted by atomic mass is 10.0. The predicted octanol–water partition coefficient (Wildman–Crippen LogP) is 4.34. The normalized spacial score (nSPS) is 12.1. The lowest BCUT2D eigenvalue weighted by molar-refractivity contribution is -0.114. The van der Waals surface area contributed by atoms with Gasteiger partial charge in [-0.05, 0) is 53.5 Å². The van der Waals surface area contributed by atoms with Crippen LogP contribution in [0.25, 0.3) is 16.7 Å². The smallest absolute Gasteiger partial charge is 0.284 e. The largest absolute Gasteiger partial charge is 0.320 e. The van der Waals surface area contributed by atoms with E-state index in [-0.39, 0.29) is 10.5 Å². The minimum Gasteiger partial charge on any atom is -0.320 e. The summed E-state index contributed by atoms with van der Waals surface area (Å²) in [7, 11) is -3.90. The number of anilines is 1. The summed E-state index contributed by atoms with van der Waals surface area (Å²) in [5.74, 6) is -1.85. The van der Waals surface area contributed by atoms with Gasteiger partial charge in [0.25, 0.3) is 5.91 Å². The highest BCUT2D eigenvalue weighted by Gasteiger charge is 2.16. The van der Waals surface area contributed by atoms with Crippen molar-refractivity contribution in [3.05, 3.63) is 89.8 Å². The summed E-state index contributed by atoms with van der Waals surface area (Å²) in [4.78, 5) is 12.3. The second-order valence-corrected chi connectivity index (χ2v) is 8.31. The van der Waals surface area contributed by atoms with Gasteiger partial charge in [-0.2, -0.15) is 0 Å². The number of halogens is 1. The van der Waals surface area contributed by atoms with E-state index < -0.39 is 21.8 Å². The van der Waals surface area contributed by atoms with Crippen LogP contribution in [0.15, 0.2) is 83.5 Å². The summed E-state index contributed by atoms with van der Waals surface area (Å²) in [6, 6.07) is 19.3. The maximum atomic E-state index is 14.7. The molecule has 0 unspecified atom stereocenters. The minimum atomic E-state index is -3.90. The van der Waals surface area contributed by atoms with Crippen LogP contribution in [-0.2, 0) is 14.8 Å². The number of carbonyl (C=O) groups excluding carboxylic acids is 1. The Morgan fingerprint density at radius 2 is 1.71 bits per heavy atom. The number of sulfonamides is 1. The van der Waals surface area contributed by atoms with E-state index in [9.17, 15) is 17.6 Å². The lowest BCUT2D eigenvalue weighted by Crippen LogP contribution is -2.13. The van der Waals surface area contributed by atoms with Crippen molar-refractivity contribution in [2.75, 3.05) is 5.32 Å². The molecule has 0 aliphatic rings. The summed E-state index contributed by atoms with van der Waals surface area (Å²) in [5.41, 5.74) is 2.61. The second-order valence-electron chi connectivity index (χ2n) is 6.78. The molecule has 0 aliphatic carbocycles. The molecule has 3 aromatic carbocycles. The molecule has 0 heterocycles. The first kappa shape index (κ1) is 22.1. The van der Waals surface area contributed by atoms with E-state index in [0.717, 1.165) is 6.21 Å². The van der Waals surface area contributed by atoms with Crippen LogP contribution < -0.4 is 10.5 Å². The monoisotopic (exact) mass is 437 g/mol. The molecular formula is C23H20FN3O3S. The van der Waals surface area contributed by atoms with Crippen molar-refractivity contribution in [1.29, 1.82) is 5.41 Å². The number of hydrogen-bond acceptors (Lipinski definition) is 4. The van der Waals surface area contributed by atoms with Gasteiger partial charge in [-0.3, -0.25) is 4.79 Å². The molecule has 3 aromatic rings. The number of amides is 1. The van der Waals surface area contributed by atoms with E-state index in [1.54, 1.807) is 66.7 Å². The molecule has 0 fully saturated rings. The first-order chi connectivity index (χ1) is 14.7. The number of carbonyl (C=O) groups is 1. The molecule has 0 atom stereocenters. The zero-order chi connectivity index (χ0) is 22.6. The average Bonchev–Trinajstić information content (AvgIpc) is 2.78. The molecule has 4 N–H and O–H groups in total. The van der Waals surface area contributed by atoms with Gasteiger partial charge in [0.1, 0.15) is 0 Å². The third-order valence-corrected chi connectivity index (χ3v) is 5.63. The summed E-state index contributed by atoms with van der Waals surface area (Å²) in [6.07, 6.45) is 1.14. The molecule has 3 rings (SSSR count). The quantitative estimate of drug-likeness (QED) is 0.394. The van der Waals surface area contributed by atoms with Crippen molar-refractivity contribution in [3.63, 3.8) is 0 Å². The van der Waals surface area contributed by atoms with Gasteiger partial charge >= 0.3 is 0 Å². The molecule has 0 bridgehead atoms. The van der Waals surface area contributed by atoms with Crippen LogP contribution in [0.3, 0.4) is 0 Å². The van der Waals surface area contributed by atoms with E-state index in [1.165, 1.54) is 13.0 Å². The van der Waals surface area contributed by atoms with Gasteiger partial charge in [0.05, 0.1) is 4.90 Å². The van der Waals surface area contributed by atoms with Gasteiger partial charge in [0.15, 0.2) is 5.83 Å². The maximum absolute atomic E-state index is 14.7. The fraction of sp³-hybridized carbons (Fsp3) is 0.0435. The van der Waals surface area contributed by atoms with Crippen LogP contribution in [0.1, 0.15) is 18.1 Å². The molecule has 0 aliphatic heterocycles. The Morgan fingerprint density at radius 1 is 1.03 bits per heavy atom. The van der Waals surface area contributed by atoms with Crippen LogP contribution in [0.4, 0.5) is 10.1 Å². The van der Waals surface area contributed by atoms with E-state index >= 15 is 0 Å². The number of primary sulfonamides is 1. The Balaban J connectivity index is 1.83. The van der Waals surface area contributed by atoms with Gasteiger partial charge in [-0.15, -0.1) is 0 Å². The third-order valence-electron chi connectivity index (χ3n) is 4.66. The summed E-state index contributed by atoms with van der Waals surface area (Å²) in [5, 5.41) is 15.1. The average molecular weight is 437 g/mol. The summed E-state index contributed by atoms with van der Waals surface area (Å²) < 4.78 is 38.2. The Kier molecular flexibility index (Phi) is 6.43. The number of nitrogens with one attached hydrogen (secondary N) is 2. The highest BCUT2D eigenvalue weighted by molar-refractivity contribution is 7.89. The highest BCUT2D eigenvalue weighted by Crippen LogP contribution is 2.28. The fourth-order valence-corrected chi connectivity index (χ4v) is 3.79. The molecule has 1 amide bonds. The SMILES string of the molecule is C/C(=C(/F)C(=O)Nc1ccc(-c2ccccc2S(N)(=O)=O)cc1)c1cccc(C=N)c1. The van der Waals surface area contributed by atoms with Crippen LogP contribution in [0.2, 0.25) is 0 Å². The molecule has 31 heavy (non-hydrogen) atoms. The van der Waals surface area contributed by atoms with Crippen molar-refractivity contribution in [2.24, 2.45) is 5.14 Å². The van der Waals surface area contributed by atoms with Gasteiger partial charge in [0.2, 0.25) is 10.0 Å². The number of rotatable bonds is 6. The molecule has 0 aromatic heterocycles. The molecule has 8 heteroatoms. The van der Waals surface area contributed by atoms with Crippen LogP contribution >= 0.6 is 0 Å². The van der Waals surface area contributed by atoms with Crippen LogP contribution in [0, 0.1) is 5.41 Å². The Labute approximate surface area is 179 Å². The number of hydrogen-bond donors (Lipinski definition) is 3. The summed E-state index contributed by atoms with van der Waals surface area (Å²) >= 11 is 0. The fourth-order valence-electron chi connectivity index (χ4n) is 3.03.